The van der Waals surface area contributed by atoms with E-state index in [0.29, 0.717) is 10.0 Å². The molecule has 0 amide bonds. The van der Waals surface area contributed by atoms with Gasteiger partial charge in [0.05, 0.1) is 16.3 Å². The standard InChI is InChI=1S/C14H16Cl2N2O/c1-4-14(2,3)12-11(13(17)19-18-12)9-6-5-8(15)7-10(9)16/h5-7H,4,17H2,1-3H3. The fourth-order valence-corrected chi connectivity index (χ4v) is 2.39. The average Bonchev–Trinajstić information content (AvgIpc) is 2.72. The van der Waals surface area contributed by atoms with Crippen LogP contribution in [0.15, 0.2) is 22.7 Å². The van der Waals surface area contributed by atoms with E-state index in [1.807, 2.05) is 6.07 Å². The first kappa shape index (κ1) is 14.2. The van der Waals surface area contributed by atoms with Crippen LogP contribution in [0.25, 0.3) is 11.1 Å². The molecule has 19 heavy (non-hydrogen) atoms. The van der Waals surface area contributed by atoms with Crippen molar-refractivity contribution in [2.75, 3.05) is 5.73 Å². The molecule has 0 spiro atoms. The third-order valence-corrected chi connectivity index (χ3v) is 3.99. The summed E-state index contributed by atoms with van der Waals surface area (Å²) >= 11 is 12.2. The summed E-state index contributed by atoms with van der Waals surface area (Å²) in [5.74, 6) is 0.278. The molecule has 1 aromatic carbocycles. The molecule has 0 aliphatic rings. The van der Waals surface area contributed by atoms with E-state index < -0.39 is 0 Å². The molecule has 1 aromatic heterocycles. The van der Waals surface area contributed by atoms with Gasteiger partial charge in [-0.3, -0.25) is 0 Å². The zero-order valence-electron chi connectivity index (χ0n) is 11.1. The summed E-state index contributed by atoms with van der Waals surface area (Å²) in [6.45, 7) is 6.29. The number of anilines is 1. The van der Waals surface area contributed by atoms with Crippen LogP contribution in [0.2, 0.25) is 10.0 Å². The molecule has 0 aliphatic heterocycles. The van der Waals surface area contributed by atoms with Crippen molar-refractivity contribution < 1.29 is 4.52 Å². The van der Waals surface area contributed by atoms with E-state index >= 15 is 0 Å². The molecule has 2 aromatic rings. The summed E-state index contributed by atoms with van der Waals surface area (Å²) in [7, 11) is 0. The van der Waals surface area contributed by atoms with Crippen molar-refractivity contribution in [3.8, 4) is 11.1 Å². The minimum atomic E-state index is -0.139. The van der Waals surface area contributed by atoms with E-state index in [-0.39, 0.29) is 11.3 Å². The van der Waals surface area contributed by atoms with Crippen LogP contribution in [0.3, 0.4) is 0 Å². The molecule has 3 nitrogen and oxygen atoms in total. The van der Waals surface area contributed by atoms with E-state index in [2.05, 4.69) is 25.9 Å². The maximum atomic E-state index is 6.25. The molecule has 2 N–H and O–H groups in total. The van der Waals surface area contributed by atoms with Crippen molar-refractivity contribution in [1.29, 1.82) is 0 Å². The number of benzene rings is 1. The van der Waals surface area contributed by atoms with Gasteiger partial charge in [-0.05, 0) is 18.6 Å². The summed E-state index contributed by atoms with van der Waals surface area (Å²) in [6.07, 6.45) is 0.914. The maximum absolute atomic E-state index is 6.25. The molecular weight excluding hydrogens is 283 g/mol. The molecular formula is C14H16Cl2N2O. The smallest absolute Gasteiger partial charge is 0.230 e. The fourth-order valence-electron chi connectivity index (χ4n) is 1.88. The van der Waals surface area contributed by atoms with Crippen LogP contribution in [0.5, 0.6) is 0 Å². The summed E-state index contributed by atoms with van der Waals surface area (Å²) in [4.78, 5) is 0. The second-order valence-electron chi connectivity index (χ2n) is 5.13. The van der Waals surface area contributed by atoms with Gasteiger partial charge in [-0.1, -0.05) is 55.2 Å². The summed E-state index contributed by atoms with van der Waals surface area (Å²) in [6, 6.07) is 5.30. The van der Waals surface area contributed by atoms with Crippen LogP contribution >= 0.6 is 23.2 Å². The highest BCUT2D eigenvalue weighted by atomic mass is 35.5. The highest BCUT2D eigenvalue weighted by Crippen LogP contribution is 2.41. The van der Waals surface area contributed by atoms with Gasteiger partial charge in [-0.25, -0.2) is 0 Å². The second-order valence-corrected chi connectivity index (χ2v) is 5.98. The lowest BCUT2D eigenvalue weighted by Crippen LogP contribution is -2.17. The molecule has 0 fully saturated rings. The SMILES string of the molecule is CCC(C)(C)c1noc(N)c1-c1ccc(Cl)cc1Cl. The summed E-state index contributed by atoms with van der Waals surface area (Å²) in [5, 5.41) is 5.23. The normalized spacial score (nSPS) is 11.8. The maximum Gasteiger partial charge on any atom is 0.230 e. The quantitative estimate of drug-likeness (QED) is 0.875. The number of halogens is 2. The third-order valence-electron chi connectivity index (χ3n) is 3.44. The van der Waals surface area contributed by atoms with Crippen LogP contribution in [0.4, 0.5) is 5.88 Å². The van der Waals surface area contributed by atoms with Crippen molar-refractivity contribution >= 4 is 29.1 Å². The van der Waals surface area contributed by atoms with E-state index in [9.17, 15) is 0 Å². The summed E-state index contributed by atoms with van der Waals surface area (Å²) in [5.41, 5.74) is 8.14. The minimum absolute atomic E-state index is 0.139. The minimum Gasteiger partial charge on any atom is -0.367 e. The number of nitrogens with zero attached hydrogens (tertiary/aromatic N) is 1. The molecule has 0 aliphatic carbocycles. The van der Waals surface area contributed by atoms with Crippen molar-refractivity contribution in [2.45, 2.75) is 32.6 Å². The number of aromatic nitrogens is 1. The van der Waals surface area contributed by atoms with Crippen molar-refractivity contribution in [3.63, 3.8) is 0 Å². The van der Waals surface area contributed by atoms with Gasteiger partial charge in [-0.2, -0.15) is 0 Å². The zero-order chi connectivity index (χ0) is 14.2. The van der Waals surface area contributed by atoms with Gasteiger partial charge >= 0.3 is 0 Å². The van der Waals surface area contributed by atoms with E-state index in [1.165, 1.54) is 0 Å². The molecule has 0 radical (unpaired) electrons. The Morgan fingerprint density at radius 1 is 1.32 bits per heavy atom. The Labute approximate surface area is 122 Å². The Bertz CT molecular complexity index is 605. The van der Waals surface area contributed by atoms with Gasteiger partial charge in [0.2, 0.25) is 5.88 Å². The van der Waals surface area contributed by atoms with Gasteiger partial charge in [0, 0.05) is 16.0 Å². The monoisotopic (exact) mass is 298 g/mol. The molecule has 2 rings (SSSR count). The highest BCUT2D eigenvalue weighted by molar-refractivity contribution is 6.36. The second kappa shape index (κ2) is 5.06. The molecule has 0 atom stereocenters. The third kappa shape index (κ3) is 2.58. The molecule has 0 saturated heterocycles. The molecule has 5 heteroatoms. The predicted octanol–water partition coefficient (Wildman–Crippen LogP) is 4.92. The van der Waals surface area contributed by atoms with Crippen LogP contribution < -0.4 is 5.73 Å². The van der Waals surface area contributed by atoms with Crippen LogP contribution in [0, 0.1) is 0 Å². The van der Waals surface area contributed by atoms with Crippen molar-refractivity contribution in [2.24, 2.45) is 0 Å². The zero-order valence-corrected chi connectivity index (χ0v) is 12.6. The predicted molar refractivity (Wildman–Crippen MR) is 79.7 cm³/mol. The van der Waals surface area contributed by atoms with Crippen molar-refractivity contribution in [3.05, 3.63) is 33.9 Å². The molecule has 102 valence electrons. The molecule has 0 unspecified atom stereocenters. The first-order valence-corrected chi connectivity index (χ1v) is 6.83. The highest BCUT2D eigenvalue weighted by Gasteiger charge is 2.29. The van der Waals surface area contributed by atoms with E-state index in [4.69, 9.17) is 33.5 Å². The Balaban J connectivity index is 2.65. The van der Waals surface area contributed by atoms with Gasteiger partial charge < -0.3 is 10.3 Å². The topological polar surface area (TPSA) is 52.0 Å². The first-order valence-electron chi connectivity index (χ1n) is 6.08. The first-order chi connectivity index (χ1) is 8.86. The van der Waals surface area contributed by atoms with Crippen LogP contribution in [0.1, 0.15) is 32.9 Å². The van der Waals surface area contributed by atoms with E-state index in [1.54, 1.807) is 12.1 Å². The Kier molecular flexibility index (Phi) is 3.79. The molecule has 0 bridgehead atoms. The lowest BCUT2D eigenvalue weighted by molar-refractivity contribution is 0.391. The summed E-state index contributed by atoms with van der Waals surface area (Å²) < 4.78 is 5.16. The Morgan fingerprint density at radius 3 is 2.58 bits per heavy atom. The number of hydrogen-bond acceptors (Lipinski definition) is 3. The van der Waals surface area contributed by atoms with Crippen LogP contribution in [-0.4, -0.2) is 5.16 Å². The lowest BCUT2D eigenvalue weighted by Gasteiger charge is -2.21. The number of nitrogens with two attached hydrogens (primary N) is 1. The number of hydrogen-bond donors (Lipinski definition) is 1. The molecule has 0 saturated carbocycles. The Hall–Kier alpha value is -1.19. The fraction of sp³-hybridized carbons (Fsp3) is 0.357. The van der Waals surface area contributed by atoms with Gasteiger partial charge in [0.1, 0.15) is 0 Å². The largest absolute Gasteiger partial charge is 0.367 e. The van der Waals surface area contributed by atoms with E-state index in [0.717, 1.165) is 23.2 Å². The van der Waals surface area contributed by atoms with Crippen LogP contribution in [-0.2, 0) is 5.41 Å². The lowest BCUT2D eigenvalue weighted by atomic mass is 9.83. The van der Waals surface area contributed by atoms with Gasteiger partial charge in [0.15, 0.2) is 0 Å². The van der Waals surface area contributed by atoms with Gasteiger partial charge in [-0.15, -0.1) is 0 Å². The molecule has 1 heterocycles. The Morgan fingerprint density at radius 2 is 2.00 bits per heavy atom. The van der Waals surface area contributed by atoms with Gasteiger partial charge in [0.25, 0.3) is 0 Å². The van der Waals surface area contributed by atoms with Crippen molar-refractivity contribution in [1.82, 2.24) is 5.16 Å². The average molecular weight is 299 g/mol. The number of nitrogen functional groups attached to an aromatic ring is 1. The number of rotatable bonds is 3.